The van der Waals surface area contributed by atoms with Gasteiger partial charge in [-0.15, -0.1) is 0 Å². The number of thiazole rings is 1. The van der Waals surface area contributed by atoms with Crippen molar-refractivity contribution < 1.29 is 23.8 Å². The number of amides is 1. The Morgan fingerprint density at radius 1 is 1.00 bits per heavy atom. The number of rotatable bonds is 5. The number of nitrogens with zero attached hydrogens (tertiary/aromatic N) is 2. The summed E-state index contributed by atoms with van der Waals surface area (Å²) in [6.45, 7) is 0.968. The first-order chi connectivity index (χ1) is 16.6. The van der Waals surface area contributed by atoms with E-state index in [1.54, 1.807) is 19.2 Å². The Bertz CT molecular complexity index is 1420. The Kier molecular flexibility index (Phi) is 6.00. The molecule has 0 unspecified atom stereocenters. The molecule has 3 aromatic carbocycles. The molecule has 0 radical (unpaired) electrons. The monoisotopic (exact) mass is 474 g/mol. The third-order valence-electron chi connectivity index (χ3n) is 5.76. The third-order valence-corrected chi connectivity index (χ3v) is 6.80. The maximum absolute atomic E-state index is 13.7. The SMILES string of the molecule is COCCn1c(=NC(=O)C2c3ccccc3Oc3ccccc32)sc2cc(C(=O)OC)ccc21. The molecule has 5 rings (SSSR count). The number of carbonyl (C=O) groups is 2. The van der Waals surface area contributed by atoms with Crippen molar-refractivity contribution in [3.8, 4) is 11.5 Å². The summed E-state index contributed by atoms with van der Waals surface area (Å²) in [6.07, 6.45) is 0. The summed E-state index contributed by atoms with van der Waals surface area (Å²) >= 11 is 1.35. The van der Waals surface area contributed by atoms with Crippen LogP contribution in [-0.2, 0) is 20.8 Å². The van der Waals surface area contributed by atoms with Gasteiger partial charge in [-0.05, 0) is 30.3 Å². The lowest BCUT2D eigenvalue weighted by Crippen LogP contribution is -2.23. The van der Waals surface area contributed by atoms with Crippen LogP contribution in [0.3, 0.4) is 0 Å². The molecule has 1 aliphatic heterocycles. The van der Waals surface area contributed by atoms with Crippen molar-refractivity contribution in [3.63, 3.8) is 0 Å². The highest BCUT2D eigenvalue weighted by Crippen LogP contribution is 2.44. The van der Waals surface area contributed by atoms with Crippen LogP contribution in [0.2, 0.25) is 0 Å². The number of para-hydroxylation sites is 2. The molecule has 0 bridgehead atoms. The number of esters is 1. The first-order valence-electron chi connectivity index (χ1n) is 10.8. The second kappa shape index (κ2) is 9.24. The highest BCUT2D eigenvalue weighted by molar-refractivity contribution is 7.16. The van der Waals surface area contributed by atoms with E-state index < -0.39 is 11.9 Å². The van der Waals surface area contributed by atoms with Gasteiger partial charge in [0.05, 0.1) is 35.4 Å². The molecule has 7 nitrogen and oxygen atoms in total. The van der Waals surface area contributed by atoms with Gasteiger partial charge < -0.3 is 18.8 Å². The number of hydrogen-bond donors (Lipinski definition) is 0. The molecule has 0 N–H and O–H groups in total. The van der Waals surface area contributed by atoms with Crippen LogP contribution in [0.15, 0.2) is 71.7 Å². The molecule has 0 saturated carbocycles. The Labute approximate surface area is 199 Å². The van der Waals surface area contributed by atoms with Crippen LogP contribution in [0.4, 0.5) is 0 Å². The molecule has 1 aromatic heterocycles. The summed E-state index contributed by atoms with van der Waals surface area (Å²) in [4.78, 5) is 30.8. The maximum Gasteiger partial charge on any atom is 0.337 e. The van der Waals surface area contributed by atoms with E-state index in [-0.39, 0.29) is 5.91 Å². The zero-order valence-corrected chi connectivity index (χ0v) is 19.5. The van der Waals surface area contributed by atoms with E-state index in [0.29, 0.717) is 35.0 Å². The average molecular weight is 475 g/mol. The van der Waals surface area contributed by atoms with Crippen LogP contribution in [0.25, 0.3) is 10.2 Å². The molecule has 0 atom stereocenters. The molecule has 1 amide bonds. The standard InChI is InChI=1S/C26H22N2O5S/c1-31-14-13-28-19-12-11-16(25(30)32-2)15-22(19)34-26(28)27-24(29)23-17-7-3-5-9-20(17)33-21-10-6-4-8-18(21)23/h3-12,15,23H,13-14H2,1-2H3. The van der Waals surface area contributed by atoms with Crippen LogP contribution >= 0.6 is 11.3 Å². The number of carbonyl (C=O) groups excluding carboxylic acids is 2. The minimum atomic E-state index is -0.576. The zero-order chi connectivity index (χ0) is 23.7. The fraction of sp³-hybridized carbons (Fsp3) is 0.192. The first kappa shape index (κ1) is 22.1. The molecule has 0 spiro atoms. The Morgan fingerprint density at radius 2 is 1.68 bits per heavy atom. The predicted octanol–water partition coefficient (Wildman–Crippen LogP) is 4.50. The zero-order valence-electron chi connectivity index (χ0n) is 18.7. The predicted molar refractivity (Wildman–Crippen MR) is 128 cm³/mol. The average Bonchev–Trinajstić information content (AvgIpc) is 3.21. The van der Waals surface area contributed by atoms with Crippen LogP contribution in [0.5, 0.6) is 11.5 Å². The Hall–Kier alpha value is -3.75. The summed E-state index contributed by atoms with van der Waals surface area (Å²) in [5, 5.41) is 0. The number of hydrogen-bond acceptors (Lipinski definition) is 6. The second-order valence-corrected chi connectivity index (χ2v) is 8.77. The van der Waals surface area contributed by atoms with Gasteiger partial charge in [0.15, 0.2) is 4.80 Å². The molecule has 0 aliphatic carbocycles. The number of methoxy groups -OCH3 is 2. The molecule has 1 aliphatic rings. The molecular formula is C26H22N2O5S. The largest absolute Gasteiger partial charge is 0.465 e. The Morgan fingerprint density at radius 3 is 2.32 bits per heavy atom. The van der Waals surface area contributed by atoms with Crippen molar-refractivity contribution in [2.45, 2.75) is 12.5 Å². The quantitative estimate of drug-likeness (QED) is 0.398. The number of ether oxygens (including phenoxy) is 3. The van der Waals surface area contributed by atoms with E-state index in [4.69, 9.17) is 14.2 Å². The van der Waals surface area contributed by atoms with Gasteiger partial charge in [0, 0.05) is 24.8 Å². The lowest BCUT2D eigenvalue weighted by atomic mass is 9.87. The van der Waals surface area contributed by atoms with Crippen molar-refractivity contribution in [1.29, 1.82) is 0 Å². The molecule has 4 aromatic rings. The van der Waals surface area contributed by atoms with Crippen LogP contribution in [0, 0.1) is 0 Å². The third kappa shape index (κ3) is 3.91. The number of fused-ring (bicyclic) bond motifs is 3. The van der Waals surface area contributed by atoms with E-state index in [2.05, 4.69) is 4.99 Å². The van der Waals surface area contributed by atoms with Crippen LogP contribution in [0.1, 0.15) is 27.4 Å². The van der Waals surface area contributed by atoms with Crippen molar-refractivity contribution in [3.05, 3.63) is 88.2 Å². The number of aromatic nitrogens is 1. The van der Waals surface area contributed by atoms with Crippen molar-refractivity contribution >= 4 is 33.4 Å². The van der Waals surface area contributed by atoms with Crippen molar-refractivity contribution in [2.75, 3.05) is 20.8 Å². The fourth-order valence-electron chi connectivity index (χ4n) is 4.14. The molecule has 34 heavy (non-hydrogen) atoms. The molecular weight excluding hydrogens is 452 g/mol. The Balaban J connectivity index is 1.65. The van der Waals surface area contributed by atoms with E-state index in [0.717, 1.165) is 21.3 Å². The molecule has 0 saturated heterocycles. The van der Waals surface area contributed by atoms with Gasteiger partial charge in [-0.3, -0.25) is 4.79 Å². The van der Waals surface area contributed by atoms with Gasteiger partial charge in [-0.1, -0.05) is 47.7 Å². The molecule has 2 heterocycles. The van der Waals surface area contributed by atoms with Crippen molar-refractivity contribution in [2.24, 2.45) is 4.99 Å². The van der Waals surface area contributed by atoms with Crippen molar-refractivity contribution in [1.82, 2.24) is 4.57 Å². The normalized spacial score (nSPS) is 13.3. The highest BCUT2D eigenvalue weighted by Gasteiger charge is 2.32. The summed E-state index contributed by atoms with van der Waals surface area (Å²) in [7, 11) is 2.98. The molecule has 0 fully saturated rings. The highest BCUT2D eigenvalue weighted by atomic mass is 32.1. The summed E-state index contributed by atoms with van der Waals surface area (Å²) in [5.41, 5.74) is 2.88. The lowest BCUT2D eigenvalue weighted by Gasteiger charge is -2.25. The molecule has 8 heteroatoms. The van der Waals surface area contributed by atoms with Gasteiger partial charge in [-0.25, -0.2) is 4.79 Å². The fourth-order valence-corrected chi connectivity index (χ4v) is 5.24. The van der Waals surface area contributed by atoms with E-state index in [9.17, 15) is 9.59 Å². The van der Waals surface area contributed by atoms with E-state index in [1.165, 1.54) is 18.4 Å². The van der Waals surface area contributed by atoms with Crippen LogP contribution < -0.4 is 9.54 Å². The van der Waals surface area contributed by atoms with E-state index in [1.807, 2.05) is 59.2 Å². The van der Waals surface area contributed by atoms with E-state index >= 15 is 0 Å². The topological polar surface area (TPSA) is 79.1 Å². The van der Waals surface area contributed by atoms with Gasteiger partial charge in [0.2, 0.25) is 0 Å². The first-order valence-corrected chi connectivity index (χ1v) is 11.6. The van der Waals surface area contributed by atoms with Gasteiger partial charge in [0.1, 0.15) is 11.5 Å². The summed E-state index contributed by atoms with van der Waals surface area (Å²) in [5.74, 6) is 0.0350. The minimum Gasteiger partial charge on any atom is -0.465 e. The molecule has 172 valence electrons. The van der Waals surface area contributed by atoms with Crippen LogP contribution in [-0.4, -0.2) is 37.3 Å². The summed E-state index contributed by atoms with van der Waals surface area (Å²) < 4.78 is 18.9. The number of benzene rings is 3. The van der Waals surface area contributed by atoms with Gasteiger partial charge in [0.25, 0.3) is 5.91 Å². The lowest BCUT2D eigenvalue weighted by molar-refractivity contribution is -0.118. The second-order valence-electron chi connectivity index (χ2n) is 7.76. The maximum atomic E-state index is 13.7. The minimum absolute atomic E-state index is 0.283. The van der Waals surface area contributed by atoms with Gasteiger partial charge >= 0.3 is 5.97 Å². The summed E-state index contributed by atoms with van der Waals surface area (Å²) in [6, 6.07) is 20.4. The smallest absolute Gasteiger partial charge is 0.337 e. The van der Waals surface area contributed by atoms with Gasteiger partial charge in [-0.2, -0.15) is 4.99 Å².